The summed E-state index contributed by atoms with van der Waals surface area (Å²) in [5.41, 5.74) is 0.788. The summed E-state index contributed by atoms with van der Waals surface area (Å²) < 4.78 is 5.57. The van der Waals surface area contributed by atoms with E-state index in [2.05, 4.69) is 17.4 Å². The Morgan fingerprint density at radius 3 is 2.76 bits per heavy atom. The lowest BCUT2D eigenvalue weighted by Crippen LogP contribution is -2.56. The lowest BCUT2D eigenvalue weighted by molar-refractivity contribution is -0.146. The van der Waals surface area contributed by atoms with Crippen LogP contribution in [0.15, 0.2) is 30.3 Å². The third-order valence-corrected chi connectivity index (χ3v) is 3.41. The van der Waals surface area contributed by atoms with Crippen LogP contribution in [0.4, 0.5) is 0 Å². The van der Waals surface area contributed by atoms with Crippen molar-refractivity contribution < 1.29 is 9.84 Å². The highest BCUT2D eigenvalue weighted by atomic mass is 16.5. The first-order chi connectivity index (χ1) is 8.09. The van der Waals surface area contributed by atoms with Gasteiger partial charge in [-0.2, -0.15) is 0 Å². The molecule has 0 spiro atoms. The Bertz CT molecular complexity index is 350. The second kappa shape index (κ2) is 5.17. The molecule has 2 N–H and O–H groups in total. The van der Waals surface area contributed by atoms with Gasteiger partial charge in [-0.1, -0.05) is 30.3 Å². The Kier molecular flexibility index (Phi) is 3.82. The van der Waals surface area contributed by atoms with Crippen molar-refractivity contribution in [3.05, 3.63) is 35.9 Å². The molecule has 3 heteroatoms. The van der Waals surface area contributed by atoms with Gasteiger partial charge in [0, 0.05) is 19.2 Å². The summed E-state index contributed by atoms with van der Waals surface area (Å²) in [6.07, 6.45) is 0.400. The highest BCUT2D eigenvalue weighted by Gasteiger charge is 2.38. The Morgan fingerprint density at radius 2 is 2.06 bits per heavy atom. The average Bonchev–Trinajstić information content (AvgIpc) is 2.32. The molecule has 0 unspecified atom stereocenters. The minimum Gasteiger partial charge on any atom is -0.389 e. The van der Waals surface area contributed by atoms with Crippen LogP contribution in [0.3, 0.4) is 0 Å². The molecule has 3 nitrogen and oxygen atoms in total. The van der Waals surface area contributed by atoms with Crippen LogP contribution in [0, 0.1) is 0 Å². The quantitative estimate of drug-likeness (QED) is 0.838. The summed E-state index contributed by atoms with van der Waals surface area (Å²) >= 11 is 0. The van der Waals surface area contributed by atoms with Crippen molar-refractivity contribution in [1.29, 1.82) is 0 Å². The zero-order valence-corrected chi connectivity index (χ0v) is 10.5. The number of aliphatic hydroxyl groups excluding tert-OH is 1. The monoisotopic (exact) mass is 235 g/mol. The smallest absolute Gasteiger partial charge is 0.0977 e. The number of ether oxygens (including phenoxy) is 1. The molecule has 1 aromatic carbocycles. The molecule has 0 aliphatic carbocycles. The van der Waals surface area contributed by atoms with Gasteiger partial charge in [0.15, 0.2) is 0 Å². The largest absolute Gasteiger partial charge is 0.389 e. The lowest BCUT2D eigenvalue weighted by Gasteiger charge is -2.41. The van der Waals surface area contributed by atoms with Crippen LogP contribution in [0.2, 0.25) is 0 Å². The third kappa shape index (κ3) is 3.06. The van der Waals surface area contributed by atoms with Crippen LogP contribution in [0.25, 0.3) is 0 Å². The molecule has 2 rings (SSSR count). The number of nitrogens with one attached hydrogen (secondary N) is 1. The molecule has 0 aromatic heterocycles. The van der Waals surface area contributed by atoms with Gasteiger partial charge in [0.25, 0.3) is 0 Å². The van der Waals surface area contributed by atoms with Crippen molar-refractivity contribution >= 4 is 0 Å². The van der Waals surface area contributed by atoms with Crippen molar-refractivity contribution in [2.24, 2.45) is 0 Å². The number of hydrogen-bond acceptors (Lipinski definition) is 3. The van der Waals surface area contributed by atoms with Crippen molar-refractivity contribution in [3.8, 4) is 0 Å². The Balaban J connectivity index is 1.91. The van der Waals surface area contributed by atoms with E-state index in [0.717, 1.165) is 13.0 Å². The van der Waals surface area contributed by atoms with E-state index in [1.165, 1.54) is 5.56 Å². The summed E-state index contributed by atoms with van der Waals surface area (Å²) in [5.74, 6) is 0. The maximum absolute atomic E-state index is 10.2. The molecule has 0 bridgehead atoms. The van der Waals surface area contributed by atoms with E-state index in [4.69, 9.17) is 4.74 Å². The standard InChI is InChI=1S/C14H21NO2/c1-14(2)13(16)12(8-9-17-14)15-10-11-6-4-3-5-7-11/h3-7,12-13,15-16H,8-10H2,1-2H3/t12-,13+/m1/s1. The predicted molar refractivity (Wildman–Crippen MR) is 67.7 cm³/mol. The molecule has 1 aliphatic heterocycles. The maximum atomic E-state index is 10.2. The Hall–Kier alpha value is -0.900. The highest BCUT2D eigenvalue weighted by Crippen LogP contribution is 2.24. The number of aliphatic hydroxyl groups is 1. The first kappa shape index (κ1) is 12.6. The minimum atomic E-state index is -0.458. The molecule has 1 fully saturated rings. The number of benzene rings is 1. The normalized spacial score (nSPS) is 27.9. The summed E-state index contributed by atoms with van der Waals surface area (Å²) in [4.78, 5) is 0. The molecule has 0 radical (unpaired) electrons. The van der Waals surface area contributed by atoms with E-state index in [1.54, 1.807) is 0 Å². The van der Waals surface area contributed by atoms with Gasteiger partial charge in [0.05, 0.1) is 11.7 Å². The van der Waals surface area contributed by atoms with Crippen LogP contribution in [0.1, 0.15) is 25.8 Å². The van der Waals surface area contributed by atoms with Crippen LogP contribution in [0.5, 0.6) is 0 Å². The van der Waals surface area contributed by atoms with Gasteiger partial charge in [0.1, 0.15) is 0 Å². The summed E-state index contributed by atoms with van der Waals surface area (Å²) in [5, 5.41) is 13.6. The Labute approximate surface area is 103 Å². The molecule has 1 heterocycles. The minimum absolute atomic E-state index is 0.110. The fraction of sp³-hybridized carbons (Fsp3) is 0.571. The lowest BCUT2D eigenvalue weighted by atomic mass is 9.90. The van der Waals surface area contributed by atoms with E-state index < -0.39 is 11.7 Å². The molecular formula is C14H21NO2. The van der Waals surface area contributed by atoms with Crippen molar-refractivity contribution in [3.63, 3.8) is 0 Å². The highest BCUT2D eigenvalue weighted by molar-refractivity contribution is 5.14. The van der Waals surface area contributed by atoms with Crippen LogP contribution in [-0.2, 0) is 11.3 Å². The third-order valence-electron chi connectivity index (χ3n) is 3.41. The zero-order chi connectivity index (χ0) is 12.3. The topological polar surface area (TPSA) is 41.5 Å². The number of rotatable bonds is 3. The molecule has 1 saturated heterocycles. The number of hydrogen-bond donors (Lipinski definition) is 2. The SMILES string of the molecule is CC1(C)OCC[C@@H](NCc2ccccc2)[C@@H]1O. The van der Waals surface area contributed by atoms with Crippen molar-refractivity contribution in [1.82, 2.24) is 5.32 Å². The van der Waals surface area contributed by atoms with E-state index in [-0.39, 0.29) is 6.04 Å². The molecule has 1 aliphatic rings. The molecule has 2 atom stereocenters. The van der Waals surface area contributed by atoms with E-state index in [9.17, 15) is 5.11 Å². The first-order valence-electron chi connectivity index (χ1n) is 6.19. The molecule has 17 heavy (non-hydrogen) atoms. The molecule has 94 valence electrons. The fourth-order valence-electron chi connectivity index (χ4n) is 2.24. The van der Waals surface area contributed by atoms with Gasteiger partial charge in [-0.25, -0.2) is 0 Å². The van der Waals surface area contributed by atoms with E-state index in [1.807, 2.05) is 32.0 Å². The summed E-state index contributed by atoms with van der Waals surface area (Å²) in [6.45, 7) is 5.37. The van der Waals surface area contributed by atoms with Crippen molar-refractivity contribution in [2.45, 2.75) is 44.6 Å². The van der Waals surface area contributed by atoms with E-state index in [0.29, 0.717) is 6.61 Å². The van der Waals surface area contributed by atoms with Gasteiger partial charge in [-0.15, -0.1) is 0 Å². The van der Waals surface area contributed by atoms with Gasteiger partial charge >= 0.3 is 0 Å². The van der Waals surface area contributed by atoms with Crippen LogP contribution in [-0.4, -0.2) is 29.5 Å². The zero-order valence-electron chi connectivity index (χ0n) is 10.5. The van der Waals surface area contributed by atoms with Crippen LogP contribution >= 0.6 is 0 Å². The summed E-state index contributed by atoms with van der Waals surface area (Å²) in [6, 6.07) is 10.4. The fourth-order valence-corrected chi connectivity index (χ4v) is 2.24. The molecular weight excluding hydrogens is 214 g/mol. The summed E-state index contributed by atoms with van der Waals surface area (Å²) in [7, 11) is 0. The van der Waals surface area contributed by atoms with Crippen molar-refractivity contribution in [2.75, 3.05) is 6.61 Å². The van der Waals surface area contributed by atoms with Gasteiger partial charge in [-0.3, -0.25) is 0 Å². The average molecular weight is 235 g/mol. The maximum Gasteiger partial charge on any atom is 0.0977 e. The van der Waals surface area contributed by atoms with E-state index >= 15 is 0 Å². The van der Waals surface area contributed by atoms with Gasteiger partial charge < -0.3 is 15.2 Å². The Morgan fingerprint density at radius 1 is 1.35 bits per heavy atom. The van der Waals surface area contributed by atoms with Gasteiger partial charge in [-0.05, 0) is 25.8 Å². The van der Waals surface area contributed by atoms with Crippen LogP contribution < -0.4 is 5.32 Å². The second-order valence-corrected chi connectivity index (χ2v) is 5.16. The second-order valence-electron chi connectivity index (χ2n) is 5.16. The first-order valence-corrected chi connectivity index (χ1v) is 6.19. The molecule has 0 amide bonds. The molecule has 1 aromatic rings. The van der Waals surface area contributed by atoms with Gasteiger partial charge in [0.2, 0.25) is 0 Å². The predicted octanol–water partition coefficient (Wildman–Crippen LogP) is 1.70. The molecule has 0 saturated carbocycles.